The third-order valence-electron chi connectivity index (χ3n) is 2.43. The first kappa shape index (κ1) is 11.2. The van der Waals surface area contributed by atoms with Crippen LogP contribution in [-0.4, -0.2) is 5.54 Å². The van der Waals surface area contributed by atoms with Gasteiger partial charge in [0.25, 0.3) is 0 Å². The molecule has 0 saturated carbocycles. The van der Waals surface area contributed by atoms with E-state index in [1.165, 1.54) is 0 Å². The second-order valence-electron chi connectivity index (χ2n) is 4.75. The fourth-order valence-electron chi connectivity index (χ4n) is 1.54. The average Bonchev–Trinajstić information content (AvgIpc) is 2.15. The Labute approximate surface area is 86.1 Å². The maximum absolute atomic E-state index is 12.0. The third-order valence-corrected chi connectivity index (χ3v) is 2.43. The number of quaternary nitrogens is 1. The smallest absolute Gasteiger partial charge is 0.110 e. The van der Waals surface area contributed by atoms with Gasteiger partial charge in [-0.15, -0.1) is 0 Å². The summed E-state index contributed by atoms with van der Waals surface area (Å²) in [6.07, 6.45) is 0. The average molecular weight is 193 g/mol. The minimum absolute atomic E-state index is 0.00352. The van der Waals surface area contributed by atoms with E-state index in [1.807, 2.05) is 58.0 Å². The Morgan fingerprint density at radius 1 is 1.14 bits per heavy atom. The van der Waals surface area contributed by atoms with Crippen molar-refractivity contribution in [1.29, 1.82) is 0 Å². The highest BCUT2D eigenvalue weighted by Crippen LogP contribution is 2.10. The van der Waals surface area contributed by atoms with E-state index in [4.69, 9.17) is 0 Å². The van der Waals surface area contributed by atoms with Crippen LogP contribution in [0.4, 0.5) is 0 Å². The van der Waals surface area contributed by atoms with Gasteiger partial charge in [-0.05, 0) is 27.7 Å². The highest BCUT2D eigenvalue weighted by Gasteiger charge is 2.23. The second-order valence-corrected chi connectivity index (χ2v) is 4.75. The van der Waals surface area contributed by atoms with Crippen molar-refractivity contribution >= 4 is 0 Å². The zero-order chi connectivity index (χ0) is 10.8. The topological polar surface area (TPSA) is 27.5 Å². The Bertz CT molecular complexity index is 276. The molecule has 1 N–H and O–H groups in total. The lowest BCUT2D eigenvalue weighted by molar-refractivity contribution is -0.927. The van der Waals surface area contributed by atoms with Gasteiger partial charge < -0.3 is 10.3 Å². The molecule has 0 aliphatic heterocycles. The molecule has 2 heteroatoms. The van der Waals surface area contributed by atoms with E-state index in [0.717, 1.165) is 5.56 Å². The van der Waals surface area contributed by atoms with Crippen LogP contribution in [0.1, 0.15) is 39.3 Å². The lowest BCUT2D eigenvalue weighted by Gasteiger charge is -2.40. The summed E-state index contributed by atoms with van der Waals surface area (Å²) in [4.78, 5) is 0. The van der Waals surface area contributed by atoms with Crippen LogP contribution in [0.15, 0.2) is 30.3 Å². The van der Waals surface area contributed by atoms with Crippen molar-refractivity contribution in [2.45, 2.75) is 39.3 Å². The molecule has 0 fully saturated rings. The molecular weight excluding hydrogens is 174 g/mol. The Hall–Kier alpha value is -0.860. The van der Waals surface area contributed by atoms with Gasteiger partial charge in [0, 0.05) is 5.56 Å². The molecule has 0 heterocycles. The van der Waals surface area contributed by atoms with Crippen LogP contribution in [-0.2, 0) is 0 Å². The van der Waals surface area contributed by atoms with Crippen LogP contribution in [0.5, 0.6) is 0 Å². The standard InChI is InChI=1S/C12H19NO/c1-10(13(14)12(2,3)4)11-8-6-5-7-9-11/h5-10,13H,1-4H3. The first-order valence-electron chi connectivity index (χ1n) is 5.02. The molecular formula is C12H19NO. The molecule has 0 aromatic heterocycles. The van der Waals surface area contributed by atoms with Crippen molar-refractivity contribution in [3.05, 3.63) is 41.1 Å². The van der Waals surface area contributed by atoms with Crippen molar-refractivity contribution < 1.29 is 5.06 Å². The number of benzene rings is 1. The first-order chi connectivity index (χ1) is 6.43. The molecule has 0 saturated heterocycles. The summed E-state index contributed by atoms with van der Waals surface area (Å²) < 4.78 is 0. The number of nitrogens with one attached hydrogen (secondary N) is 1. The molecule has 14 heavy (non-hydrogen) atoms. The SMILES string of the molecule is CC(c1ccccc1)[NH+]([O-])C(C)(C)C. The number of rotatable bonds is 2. The molecule has 0 aliphatic carbocycles. The molecule has 0 spiro atoms. The van der Waals surface area contributed by atoms with Crippen molar-refractivity contribution in [2.75, 3.05) is 0 Å². The summed E-state index contributed by atoms with van der Waals surface area (Å²) in [5.41, 5.74) is 0.849. The summed E-state index contributed by atoms with van der Waals surface area (Å²) in [7, 11) is 0. The van der Waals surface area contributed by atoms with Crippen LogP contribution in [0.2, 0.25) is 0 Å². The Balaban J connectivity index is 2.81. The van der Waals surface area contributed by atoms with Gasteiger partial charge in [0.2, 0.25) is 0 Å². The Morgan fingerprint density at radius 2 is 1.64 bits per heavy atom. The lowest BCUT2D eigenvalue weighted by atomic mass is 10.0. The predicted octanol–water partition coefficient (Wildman–Crippen LogP) is 1.93. The van der Waals surface area contributed by atoms with Crippen LogP contribution >= 0.6 is 0 Å². The van der Waals surface area contributed by atoms with E-state index in [2.05, 4.69) is 0 Å². The zero-order valence-electron chi connectivity index (χ0n) is 9.37. The van der Waals surface area contributed by atoms with Gasteiger partial charge in [-0.2, -0.15) is 0 Å². The van der Waals surface area contributed by atoms with Crippen molar-refractivity contribution in [3.63, 3.8) is 0 Å². The second kappa shape index (κ2) is 4.11. The van der Waals surface area contributed by atoms with Gasteiger partial charge in [-0.3, -0.25) is 0 Å². The summed E-state index contributed by atoms with van der Waals surface area (Å²) >= 11 is 0. The van der Waals surface area contributed by atoms with Crippen LogP contribution in [0.3, 0.4) is 0 Å². The van der Waals surface area contributed by atoms with Crippen LogP contribution < -0.4 is 5.06 Å². The minimum atomic E-state index is -0.255. The highest BCUT2D eigenvalue weighted by atomic mass is 16.5. The van der Waals surface area contributed by atoms with E-state index >= 15 is 0 Å². The number of hydroxylamine groups is 2. The van der Waals surface area contributed by atoms with Crippen molar-refractivity contribution in [1.82, 2.24) is 0 Å². The molecule has 0 radical (unpaired) electrons. The fraction of sp³-hybridized carbons (Fsp3) is 0.500. The highest BCUT2D eigenvalue weighted by molar-refractivity contribution is 5.16. The van der Waals surface area contributed by atoms with Gasteiger partial charge in [0.1, 0.15) is 6.04 Å². The van der Waals surface area contributed by atoms with E-state index < -0.39 is 0 Å². The fourth-order valence-corrected chi connectivity index (χ4v) is 1.54. The monoisotopic (exact) mass is 193 g/mol. The Kier molecular flexibility index (Phi) is 3.29. The molecule has 0 bridgehead atoms. The number of hydrogen-bond donors (Lipinski definition) is 1. The summed E-state index contributed by atoms with van der Waals surface area (Å²) in [5.74, 6) is 0. The van der Waals surface area contributed by atoms with Crippen molar-refractivity contribution in [2.24, 2.45) is 0 Å². The first-order valence-corrected chi connectivity index (χ1v) is 5.02. The molecule has 78 valence electrons. The molecule has 1 aromatic rings. The molecule has 0 amide bonds. The molecule has 1 aromatic carbocycles. The maximum Gasteiger partial charge on any atom is 0.110 e. The maximum atomic E-state index is 12.0. The Morgan fingerprint density at radius 3 is 2.07 bits per heavy atom. The van der Waals surface area contributed by atoms with Gasteiger partial charge in [0.15, 0.2) is 0 Å². The normalized spacial score (nSPS) is 16.4. The largest absolute Gasteiger partial charge is 0.633 e. The van der Waals surface area contributed by atoms with Crippen molar-refractivity contribution in [3.8, 4) is 0 Å². The van der Waals surface area contributed by atoms with Gasteiger partial charge in [-0.1, -0.05) is 30.3 Å². The van der Waals surface area contributed by atoms with Gasteiger partial charge in [0.05, 0.1) is 5.54 Å². The minimum Gasteiger partial charge on any atom is -0.633 e. The van der Waals surface area contributed by atoms with Gasteiger partial charge in [-0.25, -0.2) is 0 Å². The summed E-state index contributed by atoms with van der Waals surface area (Å²) in [5, 5.41) is 12.3. The van der Waals surface area contributed by atoms with Gasteiger partial charge >= 0.3 is 0 Å². The number of hydrogen-bond acceptors (Lipinski definition) is 1. The molecule has 1 rings (SSSR count). The van der Waals surface area contributed by atoms with E-state index in [0.29, 0.717) is 5.06 Å². The van der Waals surface area contributed by atoms with E-state index in [-0.39, 0.29) is 11.6 Å². The quantitative estimate of drug-likeness (QED) is 0.714. The summed E-state index contributed by atoms with van der Waals surface area (Å²) in [6.45, 7) is 7.88. The van der Waals surface area contributed by atoms with Crippen LogP contribution in [0.25, 0.3) is 0 Å². The predicted molar refractivity (Wildman–Crippen MR) is 58.9 cm³/mol. The zero-order valence-corrected chi connectivity index (χ0v) is 9.37. The molecule has 2 atom stereocenters. The van der Waals surface area contributed by atoms with Crippen LogP contribution in [0, 0.1) is 5.21 Å². The van der Waals surface area contributed by atoms with E-state index in [1.54, 1.807) is 0 Å². The molecule has 2 nitrogen and oxygen atoms in total. The van der Waals surface area contributed by atoms with E-state index in [9.17, 15) is 5.21 Å². The lowest BCUT2D eigenvalue weighted by Crippen LogP contribution is -3.14. The molecule has 2 unspecified atom stereocenters. The summed E-state index contributed by atoms with van der Waals surface area (Å²) in [6, 6.07) is 9.93. The third kappa shape index (κ3) is 2.56. The molecule has 0 aliphatic rings.